The standard InChI is InChI=1S/C26H33N5O4/c1-19-6-7-20-21(31(19)26(33)34-2)8-9-22-25(20)27-23(10-12-29-11-4-3-5-24(29)32)30(22)14-13-28-15-17-35-18-16-28/h3-5,8-9,11,19H,6-7,10,12-18H2,1-2H3/t19-/m0/s1. The molecule has 0 unspecified atom stereocenters. The first-order chi connectivity index (χ1) is 17.1. The smallest absolute Gasteiger partial charge is 0.414 e. The van der Waals surface area contributed by atoms with Gasteiger partial charge in [0.25, 0.3) is 5.56 Å². The lowest BCUT2D eigenvalue weighted by atomic mass is 9.96. The molecule has 2 aromatic heterocycles. The minimum absolute atomic E-state index is 0.0106. The van der Waals surface area contributed by atoms with Crippen molar-refractivity contribution in [3.05, 3.63) is 58.3 Å². The predicted octanol–water partition coefficient (Wildman–Crippen LogP) is 2.68. The van der Waals surface area contributed by atoms with Crippen molar-refractivity contribution in [3.63, 3.8) is 0 Å². The number of hydrogen-bond acceptors (Lipinski definition) is 6. The number of rotatable bonds is 6. The lowest BCUT2D eigenvalue weighted by molar-refractivity contribution is 0.0364. The number of amides is 1. The van der Waals surface area contributed by atoms with Crippen LogP contribution in [-0.2, 0) is 35.4 Å². The number of fused-ring (bicyclic) bond motifs is 3. The second-order valence-electron chi connectivity index (χ2n) is 9.27. The van der Waals surface area contributed by atoms with Gasteiger partial charge in [0.2, 0.25) is 0 Å². The number of aromatic nitrogens is 3. The fraction of sp³-hybridized carbons (Fsp3) is 0.500. The Hall–Kier alpha value is -3.17. The molecule has 186 valence electrons. The van der Waals surface area contributed by atoms with Crippen LogP contribution in [0.15, 0.2) is 41.3 Å². The highest BCUT2D eigenvalue weighted by Crippen LogP contribution is 2.36. The molecule has 0 radical (unpaired) electrons. The summed E-state index contributed by atoms with van der Waals surface area (Å²) in [6, 6.07) is 9.40. The molecular weight excluding hydrogens is 446 g/mol. The van der Waals surface area contributed by atoms with Crippen LogP contribution in [0.5, 0.6) is 0 Å². The van der Waals surface area contributed by atoms with Crippen LogP contribution in [0.1, 0.15) is 24.7 Å². The maximum atomic E-state index is 12.5. The van der Waals surface area contributed by atoms with Crippen molar-refractivity contribution in [3.8, 4) is 0 Å². The Balaban J connectivity index is 1.52. The fourth-order valence-electron chi connectivity index (χ4n) is 5.23. The van der Waals surface area contributed by atoms with Crippen molar-refractivity contribution >= 4 is 22.8 Å². The summed E-state index contributed by atoms with van der Waals surface area (Å²) in [5.41, 5.74) is 3.98. The molecule has 9 nitrogen and oxygen atoms in total. The topological polar surface area (TPSA) is 81.8 Å². The van der Waals surface area contributed by atoms with E-state index in [-0.39, 0.29) is 17.7 Å². The third kappa shape index (κ3) is 4.70. The number of nitrogens with zero attached hydrogens (tertiary/aromatic N) is 5. The molecule has 35 heavy (non-hydrogen) atoms. The number of imidazole rings is 1. The van der Waals surface area contributed by atoms with Crippen LogP contribution in [0.4, 0.5) is 10.5 Å². The first kappa shape index (κ1) is 23.6. The van der Waals surface area contributed by atoms with Crippen LogP contribution in [0.2, 0.25) is 0 Å². The van der Waals surface area contributed by atoms with Gasteiger partial charge in [0, 0.05) is 63.0 Å². The molecule has 1 saturated heterocycles. The monoisotopic (exact) mass is 479 g/mol. The maximum Gasteiger partial charge on any atom is 0.414 e. The van der Waals surface area contributed by atoms with E-state index in [1.807, 2.05) is 25.3 Å². The van der Waals surface area contributed by atoms with E-state index in [9.17, 15) is 9.59 Å². The summed E-state index contributed by atoms with van der Waals surface area (Å²) in [6.45, 7) is 7.74. The number of carbonyl (C=O) groups is 1. The summed E-state index contributed by atoms with van der Waals surface area (Å²) in [7, 11) is 1.42. The minimum atomic E-state index is -0.340. The van der Waals surface area contributed by atoms with E-state index < -0.39 is 0 Å². The summed E-state index contributed by atoms with van der Waals surface area (Å²) < 4.78 is 14.6. The molecule has 3 aromatic rings. The Bertz CT molecular complexity index is 1260. The van der Waals surface area contributed by atoms with Gasteiger partial charge >= 0.3 is 6.09 Å². The van der Waals surface area contributed by atoms with E-state index in [1.165, 1.54) is 7.11 Å². The van der Waals surface area contributed by atoms with Crippen LogP contribution in [0.25, 0.3) is 11.0 Å². The summed E-state index contributed by atoms with van der Waals surface area (Å²) in [5, 5.41) is 0. The van der Waals surface area contributed by atoms with Gasteiger partial charge in [-0.3, -0.25) is 14.6 Å². The predicted molar refractivity (Wildman–Crippen MR) is 134 cm³/mol. The average molecular weight is 480 g/mol. The molecule has 0 saturated carbocycles. The number of anilines is 1. The van der Waals surface area contributed by atoms with Gasteiger partial charge in [0.05, 0.1) is 37.0 Å². The number of carbonyl (C=O) groups excluding carboxylic acids is 1. The largest absolute Gasteiger partial charge is 0.452 e. The molecule has 1 atom stereocenters. The number of hydrogen-bond donors (Lipinski definition) is 0. The van der Waals surface area contributed by atoms with Crippen molar-refractivity contribution < 1.29 is 14.3 Å². The zero-order valence-electron chi connectivity index (χ0n) is 20.5. The highest BCUT2D eigenvalue weighted by atomic mass is 16.5. The molecule has 0 N–H and O–H groups in total. The zero-order chi connectivity index (χ0) is 24.4. The van der Waals surface area contributed by atoms with Crippen LogP contribution in [-0.4, -0.2) is 71.1 Å². The lowest BCUT2D eigenvalue weighted by Crippen LogP contribution is -2.42. The van der Waals surface area contributed by atoms with Crippen molar-refractivity contribution in [2.75, 3.05) is 44.9 Å². The van der Waals surface area contributed by atoms with E-state index >= 15 is 0 Å². The van der Waals surface area contributed by atoms with Gasteiger partial charge in [-0.1, -0.05) is 6.07 Å². The Morgan fingerprint density at radius 2 is 1.97 bits per heavy atom. The lowest BCUT2D eigenvalue weighted by Gasteiger charge is -2.34. The number of aryl methyl sites for hydroxylation is 3. The van der Waals surface area contributed by atoms with Crippen LogP contribution >= 0.6 is 0 Å². The van der Waals surface area contributed by atoms with Crippen molar-refractivity contribution in [1.82, 2.24) is 19.0 Å². The SMILES string of the molecule is COC(=O)N1c2ccc3c(nc(CCn4ccccc4=O)n3CCN3CCOCC3)c2CC[C@@H]1C. The average Bonchev–Trinajstić information content (AvgIpc) is 3.24. The van der Waals surface area contributed by atoms with Crippen LogP contribution in [0, 0.1) is 0 Å². The normalized spacial score (nSPS) is 18.6. The van der Waals surface area contributed by atoms with Crippen molar-refractivity contribution in [2.45, 2.75) is 45.3 Å². The molecule has 9 heteroatoms. The quantitative estimate of drug-likeness (QED) is 0.541. The molecule has 5 rings (SSSR count). The number of methoxy groups -OCH3 is 1. The van der Waals surface area contributed by atoms with Gasteiger partial charge in [-0.25, -0.2) is 9.78 Å². The summed E-state index contributed by atoms with van der Waals surface area (Å²) in [5.74, 6) is 0.959. The second-order valence-corrected chi connectivity index (χ2v) is 9.27. The zero-order valence-corrected chi connectivity index (χ0v) is 20.5. The van der Waals surface area contributed by atoms with E-state index in [0.29, 0.717) is 13.0 Å². The molecule has 1 aromatic carbocycles. The van der Waals surface area contributed by atoms with Gasteiger partial charge in [-0.2, -0.15) is 0 Å². The number of benzene rings is 1. The molecular formula is C26H33N5O4. The maximum absolute atomic E-state index is 12.5. The van der Waals surface area contributed by atoms with Crippen LogP contribution < -0.4 is 10.5 Å². The Labute approximate surface area is 204 Å². The van der Waals surface area contributed by atoms with Crippen LogP contribution in [0.3, 0.4) is 0 Å². The Morgan fingerprint density at radius 3 is 2.74 bits per heavy atom. The highest BCUT2D eigenvalue weighted by molar-refractivity contribution is 5.95. The summed E-state index contributed by atoms with van der Waals surface area (Å²) in [6.07, 6.45) is 3.85. The van der Waals surface area contributed by atoms with E-state index in [0.717, 1.165) is 80.3 Å². The Kier molecular flexibility index (Phi) is 6.88. The number of ether oxygens (including phenoxy) is 2. The van der Waals surface area contributed by atoms with Gasteiger partial charge in [0.15, 0.2) is 0 Å². The minimum Gasteiger partial charge on any atom is -0.452 e. The summed E-state index contributed by atoms with van der Waals surface area (Å²) >= 11 is 0. The molecule has 0 aliphatic carbocycles. The Morgan fingerprint density at radius 1 is 1.14 bits per heavy atom. The van der Waals surface area contributed by atoms with Gasteiger partial charge in [0.1, 0.15) is 5.82 Å². The molecule has 1 fully saturated rings. The van der Waals surface area contributed by atoms with E-state index in [1.54, 1.807) is 21.6 Å². The number of morpholine rings is 1. The summed E-state index contributed by atoms with van der Waals surface area (Å²) in [4.78, 5) is 34.1. The third-order valence-corrected chi connectivity index (χ3v) is 7.18. The molecule has 0 spiro atoms. The van der Waals surface area contributed by atoms with Gasteiger partial charge in [-0.15, -0.1) is 0 Å². The second kappa shape index (κ2) is 10.2. The van der Waals surface area contributed by atoms with E-state index in [4.69, 9.17) is 14.5 Å². The molecule has 1 amide bonds. The molecule has 0 bridgehead atoms. The van der Waals surface area contributed by atoms with Gasteiger partial charge in [-0.05, 0) is 38.0 Å². The fourth-order valence-corrected chi connectivity index (χ4v) is 5.23. The van der Waals surface area contributed by atoms with Gasteiger partial charge < -0.3 is 18.6 Å². The van der Waals surface area contributed by atoms with Crippen molar-refractivity contribution in [1.29, 1.82) is 0 Å². The third-order valence-electron chi connectivity index (χ3n) is 7.18. The highest BCUT2D eigenvalue weighted by Gasteiger charge is 2.31. The molecule has 2 aliphatic heterocycles. The number of pyridine rings is 1. The first-order valence-corrected chi connectivity index (χ1v) is 12.4. The molecule has 4 heterocycles. The first-order valence-electron chi connectivity index (χ1n) is 12.4. The molecule has 2 aliphatic rings. The van der Waals surface area contributed by atoms with E-state index in [2.05, 4.69) is 15.5 Å². The van der Waals surface area contributed by atoms with Crippen molar-refractivity contribution in [2.24, 2.45) is 0 Å².